The standard InChI is InChI=1S/C10H10Cl2O/c11-5-10(6-13-7-10)8-1-3-9(12)4-2-8/h1-4H,5-7H2. The first-order valence-electron chi connectivity index (χ1n) is 4.17. The molecule has 0 N–H and O–H groups in total. The van der Waals surface area contributed by atoms with Crippen LogP contribution >= 0.6 is 23.2 Å². The molecule has 13 heavy (non-hydrogen) atoms. The van der Waals surface area contributed by atoms with Crippen molar-refractivity contribution in [2.75, 3.05) is 19.1 Å². The molecular formula is C10H10Cl2O. The van der Waals surface area contributed by atoms with Gasteiger partial charge in [-0.25, -0.2) is 0 Å². The normalized spacial score (nSPS) is 19.5. The fourth-order valence-electron chi connectivity index (χ4n) is 1.47. The first kappa shape index (κ1) is 9.32. The third kappa shape index (κ3) is 1.56. The number of rotatable bonds is 2. The Hall–Kier alpha value is -0.240. The Bertz CT molecular complexity index is 285. The van der Waals surface area contributed by atoms with Crippen LogP contribution in [-0.4, -0.2) is 19.1 Å². The molecule has 1 aliphatic rings. The first-order valence-corrected chi connectivity index (χ1v) is 5.08. The number of hydrogen-bond donors (Lipinski definition) is 0. The van der Waals surface area contributed by atoms with Crippen LogP contribution in [0.4, 0.5) is 0 Å². The van der Waals surface area contributed by atoms with Crippen molar-refractivity contribution in [1.82, 2.24) is 0 Å². The maximum absolute atomic E-state index is 5.92. The van der Waals surface area contributed by atoms with E-state index < -0.39 is 0 Å². The molecule has 0 amide bonds. The average molecular weight is 217 g/mol. The van der Waals surface area contributed by atoms with E-state index in [4.69, 9.17) is 27.9 Å². The van der Waals surface area contributed by atoms with Crippen LogP contribution in [0.15, 0.2) is 24.3 Å². The maximum Gasteiger partial charge on any atom is 0.0597 e. The SMILES string of the molecule is ClCC1(c2ccc(Cl)cc2)COC1. The summed E-state index contributed by atoms with van der Waals surface area (Å²) in [6.07, 6.45) is 0. The number of hydrogen-bond acceptors (Lipinski definition) is 1. The lowest BCUT2D eigenvalue weighted by molar-refractivity contribution is -0.0479. The van der Waals surface area contributed by atoms with E-state index in [0.29, 0.717) is 5.88 Å². The second kappa shape index (κ2) is 3.49. The van der Waals surface area contributed by atoms with Crippen LogP contribution in [0.25, 0.3) is 0 Å². The van der Waals surface area contributed by atoms with Crippen LogP contribution in [0.5, 0.6) is 0 Å². The van der Waals surface area contributed by atoms with Crippen molar-refractivity contribution in [2.45, 2.75) is 5.41 Å². The maximum atomic E-state index is 5.92. The van der Waals surface area contributed by atoms with E-state index in [0.717, 1.165) is 18.2 Å². The quantitative estimate of drug-likeness (QED) is 0.692. The van der Waals surface area contributed by atoms with Gasteiger partial charge >= 0.3 is 0 Å². The average Bonchev–Trinajstić information content (AvgIpc) is 2.07. The van der Waals surface area contributed by atoms with Crippen molar-refractivity contribution in [3.05, 3.63) is 34.9 Å². The molecule has 1 nitrogen and oxygen atoms in total. The van der Waals surface area contributed by atoms with Gasteiger partial charge < -0.3 is 4.74 Å². The van der Waals surface area contributed by atoms with Gasteiger partial charge in [-0.05, 0) is 17.7 Å². The van der Waals surface area contributed by atoms with E-state index in [1.165, 1.54) is 5.56 Å². The summed E-state index contributed by atoms with van der Waals surface area (Å²) in [5.74, 6) is 0.606. The predicted octanol–water partition coefficient (Wildman–Crippen LogP) is 2.85. The predicted molar refractivity (Wildman–Crippen MR) is 54.7 cm³/mol. The van der Waals surface area contributed by atoms with Gasteiger partial charge in [-0.1, -0.05) is 23.7 Å². The second-order valence-electron chi connectivity index (χ2n) is 3.41. The van der Waals surface area contributed by atoms with E-state index in [2.05, 4.69) is 0 Å². The zero-order chi connectivity index (χ0) is 9.31. The largest absolute Gasteiger partial charge is 0.379 e. The van der Waals surface area contributed by atoms with Gasteiger partial charge in [0.2, 0.25) is 0 Å². The molecule has 0 saturated carbocycles. The Morgan fingerprint density at radius 3 is 2.23 bits per heavy atom. The summed E-state index contributed by atoms with van der Waals surface area (Å²) in [4.78, 5) is 0. The zero-order valence-electron chi connectivity index (χ0n) is 7.09. The minimum absolute atomic E-state index is 0.0339. The number of alkyl halides is 1. The summed E-state index contributed by atoms with van der Waals surface area (Å²) in [6.45, 7) is 1.44. The van der Waals surface area contributed by atoms with E-state index in [1.807, 2.05) is 24.3 Å². The van der Waals surface area contributed by atoms with Gasteiger partial charge in [0.15, 0.2) is 0 Å². The molecule has 3 heteroatoms. The van der Waals surface area contributed by atoms with Crippen LogP contribution in [-0.2, 0) is 10.2 Å². The van der Waals surface area contributed by atoms with E-state index in [-0.39, 0.29) is 5.41 Å². The van der Waals surface area contributed by atoms with Gasteiger partial charge in [0.1, 0.15) is 0 Å². The molecule has 2 rings (SSSR count). The molecule has 0 bridgehead atoms. The minimum Gasteiger partial charge on any atom is -0.379 e. The van der Waals surface area contributed by atoms with Crippen molar-refractivity contribution in [3.63, 3.8) is 0 Å². The Morgan fingerprint density at radius 2 is 1.85 bits per heavy atom. The Morgan fingerprint density at radius 1 is 1.23 bits per heavy atom. The molecule has 1 aliphatic heterocycles. The highest BCUT2D eigenvalue weighted by molar-refractivity contribution is 6.30. The van der Waals surface area contributed by atoms with Gasteiger partial charge in [0.05, 0.1) is 18.6 Å². The molecule has 1 fully saturated rings. The van der Waals surface area contributed by atoms with Crippen molar-refractivity contribution >= 4 is 23.2 Å². The molecule has 1 aromatic rings. The smallest absolute Gasteiger partial charge is 0.0597 e. The van der Waals surface area contributed by atoms with Gasteiger partial charge in [-0.2, -0.15) is 0 Å². The summed E-state index contributed by atoms with van der Waals surface area (Å²) < 4.78 is 5.20. The number of ether oxygens (including phenoxy) is 1. The fourth-order valence-corrected chi connectivity index (χ4v) is 1.91. The molecule has 0 spiro atoms. The minimum atomic E-state index is 0.0339. The van der Waals surface area contributed by atoms with Crippen LogP contribution in [0, 0.1) is 0 Å². The van der Waals surface area contributed by atoms with Crippen LogP contribution in [0.3, 0.4) is 0 Å². The second-order valence-corrected chi connectivity index (χ2v) is 4.12. The molecule has 1 aromatic carbocycles. The molecule has 1 saturated heterocycles. The monoisotopic (exact) mass is 216 g/mol. The van der Waals surface area contributed by atoms with Crippen LogP contribution in [0.1, 0.15) is 5.56 Å². The molecular weight excluding hydrogens is 207 g/mol. The van der Waals surface area contributed by atoms with E-state index in [1.54, 1.807) is 0 Å². The van der Waals surface area contributed by atoms with Crippen molar-refractivity contribution in [3.8, 4) is 0 Å². The van der Waals surface area contributed by atoms with Crippen LogP contribution < -0.4 is 0 Å². The summed E-state index contributed by atoms with van der Waals surface area (Å²) >= 11 is 11.7. The topological polar surface area (TPSA) is 9.23 Å². The summed E-state index contributed by atoms with van der Waals surface area (Å²) in [5.41, 5.74) is 1.25. The zero-order valence-corrected chi connectivity index (χ0v) is 8.61. The lowest BCUT2D eigenvalue weighted by atomic mass is 9.81. The molecule has 0 atom stereocenters. The van der Waals surface area contributed by atoms with E-state index >= 15 is 0 Å². The van der Waals surface area contributed by atoms with Gasteiger partial charge in [-0.15, -0.1) is 11.6 Å². The molecule has 1 heterocycles. The lowest BCUT2D eigenvalue weighted by Gasteiger charge is -2.40. The Kier molecular flexibility index (Phi) is 2.50. The summed E-state index contributed by atoms with van der Waals surface area (Å²) in [6, 6.07) is 7.83. The van der Waals surface area contributed by atoms with Gasteiger partial charge in [0, 0.05) is 10.9 Å². The molecule has 0 unspecified atom stereocenters. The number of halogens is 2. The lowest BCUT2D eigenvalue weighted by Crippen LogP contribution is -2.48. The molecule has 0 aromatic heterocycles. The van der Waals surface area contributed by atoms with Gasteiger partial charge in [0.25, 0.3) is 0 Å². The third-order valence-electron chi connectivity index (χ3n) is 2.47. The van der Waals surface area contributed by atoms with Crippen molar-refractivity contribution in [2.24, 2.45) is 0 Å². The highest BCUT2D eigenvalue weighted by Crippen LogP contribution is 2.33. The molecule has 70 valence electrons. The highest BCUT2D eigenvalue weighted by Gasteiger charge is 2.39. The Balaban J connectivity index is 2.28. The fraction of sp³-hybridized carbons (Fsp3) is 0.400. The van der Waals surface area contributed by atoms with Crippen LogP contribution in [0.2, 0.25) is 5.02 Å². The molecule has 0 aliphatic carbocycles. The molecule has 0 radical (unpaired) electrons. The summed E-state index contributed by atoms with van der Waals surface area (Å²) in [5, 5.41) is 0.758. The van der Waals surface area contributed by atoms with Crippen molar-refractivity contribution < 1.29 is 4.74 Å². The first-order chi connectivity index (χ1) is 6.27. The number of benzene rings is 1. The van der Waals surface area contributed by atoms with Gasteiger partial charge in [-0.3, -0.25) is 0 Å². The summed E-state index contributed by atoms with van der Waals surface area (Å²) in [7, 11) is 0. The van der Waals surface area contributed by atoms with E-state index in [9.17, 15) is 0 Å². The van der Waals surface area contributed by atoms with Crippen molar-refractivity contribution in [1.29, 1.82) is 0 Å². The highest BCUT2D eigenvalue weighted by atomic mass is 35.5. The third-order valence-corrected chi connectivity index (χ3v) is 3.23. The Labute approximate surface area is 87.6 Å².